The molecule has 0 spiro atoms. The molecule has 1 rings (SSSR count). The summed E-state index contributed by atoms with van der Waals surface area (Å²) in [6.45, 7) is 9.19. The maximum Gasteiger partial charge on any atom is 0.326 e. The standard InChI is InChI=1S/C7H13NO3.C6H13NO2/c1-4(2)6(7(10)11)8-5(3)9;1-6(8)4-7-2-3-9-5-6/h4,6H,1-3H3,(H,8,9)(H,10,11);7-8H,2-5H2,1H3/t2*6-/m10/s1. The number of carbonyl (C=O) groups is 2. The Balaban J connectivity index is 0.000000367. The molecule has 0 aliphatic carbocycles. The predicted octanol–water partition coefficient (Wildman–Crippen LogP) is -0.411. The smallest absolute Gasteiger partial charge is 0.326 e. The van der Waals surface area contributed by atoms with E-state index in [4.69, 9.17) is 9.84 Å². The van der Waals surface area contributed by atoms with Crippen LogP contribution in [0.15, 0.2) is 0 Å². The molecular formula is C13H26N2O5. The molecular weight excluding hydrogens is 264 g/mol. The van der Waals surface area contributed by atoms with Crippen molar-refractivity contribution in [2.75, 3.05) is 26.3 Å². The molecule has 2 atom stereocenters. The molecule has 1 amide bonds. The summed E-state index contributed by atoms with van der Waals surface area (Å²) in [6, 6.07) is -0.771. The van der Waals surface area contributed by atoms with Gasteiger partial charge in [0, 0.05) is 20.0 Å². The van der Waals surface area contributed by atoms with Crippen molar-refractivity contribution in [1.82, 2.24) is 10.6 Å². The number of aliphatic carboxylic acids is 1. The molecule has 1 aliphatic heterocycles. The number of β-amino-alcohol motifs (C(OH)–C–C–N with tert-alkyl or cyclic N) is 1. The van der Waals surface area contributed by atoms with Gasteiger partial charge in [-0.25, -0.2) is 4.79 Å². The van der Waals surface area contributed by atoms with Gasteiger partial charge in [0.05, 0.1) is 18.8 Å². The van der Waals surface area contributed by atoms with Crippen LogP contribution in [0, 0.1) is 5.92 Å². The first-order valence-corrected chi connectivity index (χ1v) is 6.66. The highest BCUT2D eigenvalue weighted by Crippen LogP contribution is 2.03. The minimum atomic E-state index is -0.991. The molecule has 20 heavy (non-hydrogen) atoms. The summed E-state index contributed by atoms with van der Waals surface area (Å²) in [7, 11) is 0. The van der Waals surface area contributed by atoms with Gasteiger partial charge in [0.15, 0.2) is 0 Å². The molecule has 0 radical (unpaired) electrons. The van der Waals surface area contributed by atoms with Crippen molar-refractivity contribution in [2.24, 2.45) is 5.92 Å². The minimum Gasteiger partial charge on any atom is -0.480 e. The lowest BCUT2D eigenvalue weighted by Crippen LogP contribution is -2.43. The molecule has 0 bridgehead atoms. The summed E-state index contributed by atoms with van der Waals surface area (Å²) in [5, 5.41) is 23.3. The van der Waals surface area contributed by atoms with E-state index in [0.717, 1.165) is 6.54 Å². The third-order valence-corrected chi connectivity index (χ3v) is 2.63. The number of ether oxygens (including phenoxy) is 1. The lowest BCUT2D eigenvalue weighted by Gasteiger charge is -2.18. The SMILES string of the molecule is CC(=O)N[C@@H](C(=O)O)C(C)C.C[C@]1(O)CNCCOC1. The second-order valence-electron chi connectivity index (χ2n) is 5.49. The van der Waals surface area contributed by atoms with E-state index < -0.39 is 17.6 Å². The van der Waals surface area contributed by atoms with Crippen LogP contribution in [0.4, 0.5) is 0 Å². The van der Waals surface area contributed by atoms with Crippen molar-refractivity contribution in [3.63, 3.8) is 0 Å². The summed E-state index contributed by atoms with van der Waals surface area (Å²) in [4.78, 5) is 21.0. The van der Waals surface area contributed by atoms with Crippen molar-refractivity contribution in [1.29, 1.82) is 0 Å². The summed E-state index contributed by atoms with van der Waals surface area (Å²) < 4.78 is 5.10. The molecule has 7 heteroatoms. The first-order valence-electron chi connectivity index (χ1n) is 6.66. The van der Waals surface area contributed by atoms with E-state index in [1.807, 2.05) is 0 Å². The number of rotatable bonds is 3. The Labute approximate surface area is 119 Å². The Morgan fingerprint density at radius 1 is 1.40 bits per heavy atom. The third kappa shape index (κ3) is 8.84. The van der Waals surface area contributed by atoms with Crippen LogP contribution in [0.1, 0.15) is 27.7 Å². The first-order chi connectivity index (χ1) is 9.15. The average molecular weight is 290 g/mol. The van der Waals surface area contributed by atoms with E-state index in [9.17, 15) is 14.7 Å². The van der Waals surface area contributed by atoms with Crippen LogP contribution in [-0.2, 0) is 14.3 Å². The Kier molecular flexibility index (Phi) is 8.36. The van der Waals surface area contributed by atoms with E-state index >= 15 is 0 Å². The number of hydrogen-bond acceptors (Lipinski definition) is 5. The van der Waals surface area contributed by atoms with Gasteiger partial charge in [-0.3, -0.25) is 4.79 Å². The molecule has 0 unspecified atom stereocenters. The van der Waals surface area contributed by atoms with E-state index in [-0.39, 0.29) is 11.8 Å². The molecule has 0 aromatic rings. The molecule has 0 aromatic carbocycles. The van der Waals surface area contributed by atoms with E-state index in [1.165, 1.54) is 6.92 Å². The molecule has 1 aliphatic rings. The highest BCUT2D eigenvalue weighted by molar-refractivity contribution is 5.82. The zero-order valence-electron chi connectivity index (χ0n) is 12.6. The first kappa shape index (κ1) is 18.8. The van der Waals surface area contributed by atoms with Gasteiger partial charge < -0.3 is 25.6 Å². The largest absolute Gasteiger partial charge is 0.480 e. The number of amides is 1. The quantitative estimate of drug-likeness (QED) is 0.563. The highest BCUT2D eigenvalue weighted by atomic mass is 16.5. The molecule has 1 fully saturated rings. The normalized spacial score (nSPS) is 24.1. The Bertz CT molecular complexity index is 308. The van der Waals surface area contributed by atoms with Crippen LogP contribution in [0.5, 0.6) is 0 Å². The summed E-state index contributed by atoms with van der Waals surface area (Å²) in [5.74, 6) is -1.39. The number of carboxylic acid groups (broad SMARTS) is 1. The van der Waals surface area contributed by atoms with E-state index in [0.29, 0.717) is 19.8 Å². The minimum absolute atomic E-state index is 0.0867. The molecule has 4 N–H and O–H groups in total. The zero-order chi connectivity index (χ0) is 15.8. The van der Waals surface area contributed by atoms with E-state index in [1.54, 1.807) is 20.8 Å². The van der Waals surface area contributed by atoms with Gasteiger partial charge in [-0.15, -0.1) is 0 Å². The monoisotopic (exact) mass is 290 g/mol. The van der Waals surface area contributed by atoms with Gasteiger partial charge in [0.25, 0.3) is 0 Å². The molecule has 1 saturated heterocycles. The van der Waals surface area contributed by atoms with Crippen LogP contribution in [0.3, 0.4) is 0 Å². The third-order valence-electron chi connectivity index (χ3n) is 2.63. The zero-order valence-corrected chi connectivity index (χ0v) is 12.6. The predicted molar refractivity (Wildman–Crippen MR) is 74.4 cm³/mol. The fourth-order valence-electron chi connectivity index (χ4n) is 1.58. The fourth-order valence-corrected chi connectivity index (χ4v) is 1.58. The molecule has 0 saturated carbocycles. The molecule has 1 heterocycles. The Hall–Kier alpha value is -1.18. The second kappa shape index (κ2) is 8.89. The average Bonchev–Trinajstić information content (AvgIpc) is 2.49. The van der Waals surface area contributed by atoms with Gasteiger partial charge >= 0.3 is 5.97 Å². The lowest BCUT2D eigenvalue weighted by atomic mass is 10.1. The number of carboxylic acids is 1. The van der Waals surface area contributed by atoms with Gasteiger partial charge in [0.2, 0.25) is 5.91 Å². The number of carbonyl (C=O) groups excluding carboxylic acids is 1. The number of nitrogens with one attached hydrogen (secondary N) is 2. The van der Waals surface area contributed by atoms with Crippen molar-refractivity contribution in [3.8, 4) is 0 Å². The number of hydrogen-bond donors (Lipinski definition) is 4. The van der Waals surface area contributed by atoms with Gasteiger partial charge in [-0.05, 0) is 12.8 Å². The van der Waals surface area contributed by atoms with Crippen molar-refractivity contribution in [3.05, 3.63) is 0 Å². The van der Waals surface area contributed by atoms with Crippen molar-refractivity contribution < 1.29 is 24.5 Å². The lowest BCUT2D eigenvalue weighted by molar-refractivity contribution is -0.142. The molecule has 0 aromatic heterocycles. The second-order valence-corrected chi connectivity index (χ2v) is 5.49. The van der Waals surface area contributed by atoms with Crippen LogP contribution < -0.4 is 10.6 Å². The van der Waals surface area contributed by atoms with Crippen LogP contribution in [0.2, 0.25) is 0 Å². The van der Waals surface area contributed by atoms with Gasteiger partial charge in [0.1, 0.15) is 6.04 Å². The van der Waals surface area contributed by atoms with E-state index in [2.05, 4.69) is 10.6 Å². The van der Waals surface area contributed by atoms with Crippen LogP contribution >= 0.6 is 0 Å². The Morgan fingerprint density at radius 2 is 2.00 bits per heavy atom. The summed E-state index contributed by atoms with van der Waals surface area (Å²) in [6.07, 6.45) is 0. The molecule has 118 valence electrons. The molecule has 7 nitrogen and oxygen atoms in total. The maximum absolute atomic E-state index is 10.5. The summed E-state index contributed by atoms with van der Waals surface area (Å²) in [5.41, 5.74) is -0.670. The van der Waals surface area contributed by atoms with Crippen LogP contribution in [0.25, 0.3) is 0 Å². The van der Waals surface area contributed by atoms with Gasteiger partial charge in [-0.2, -0.15) is 0 Å². The number of aliphatic hydroxyl groups is 1. The highest BCUT2D eigenvalue weighted by Gasteiger charge is 2.22. The summed E-state index contributed by atoms with van der Waals surface area (Å²) >= 11 is 0. The fraction of sp³-hybridized carbons (Fsp3) is 0.846. The van der Waals surface area contributed by atoms with Gasteiger partial charge in [-0.1, -0.05) is 13.8 Å². The van der Waals surface area contributed by atoms with Crippen molar-refractivity contribution >= 4 is 11.9 Å². The Morgan fingerprint density at radius 3 is 2.40 bits per heavy atom. The maximum atomic E-state index is 10.5. The topological polar surface area (TPSA) is 108 Å². The van der Waals surface area contributed by atoms with Crippen molar-refractivity contribution in [2.45, 2.75) is 39.3 Å². The van der Waals surface area contributed by atoms with Crippen LogP contribution in [-0.4, -0.2) is 60.0 Å².